The van der Waals surface area contributed by atoms with Gasteiger partial charge in [0, 0.05) is 0 Å². The summed E-state index contributed by atoms with van der Waals surface area (Å²) in [7, 11) is 0. The van der Waals surface area contributed by atoms with E-state index >= 15 is 0 Å². The Hall–Kier alpha value is -1.84. The van der Waals surface area contributed by atoms with Crippen LogP contribution in [0.3, 0.4) is 0 Å². The fourth-order valence-corrected chi connectivity index (χ4v) is 1.25. The van der Waals surface area contributed by atoms with Crippen molar-refractivity contribution in [3.8, 4) is 0 Å². The molecule has 0 heterocycles. The van der Waals surface area contributed by atoms with Gasteiger partial charge in [-0.25, -0.2) is 10.2 Å². The van der Waals surface area contributed by atoms with Crippen molar-refractivity contribution in [2.45, 2.75) is 13.8 Å². The van der Waals surface area contributed by atoms with E-state index in [-0.39, 0.29) is 5.92 Å². The standard InChI is InChI=1S/C11H15N3O/c1-8(2)10(13-14-11(12)15)9-6-4-3-5-7-9/h3-8H,1-2H3,(H3,12,14,15)/b13-10-. The lowest BCUT2D eigenvalue weighted by Gasteiger charge is -2.09. The van der Waals surface area contributed by atoms with Gasteiger partial charge < -0.3 is 5.73 Å². The lowest BCUT2D eigenvalue weighted by atomic mass is 10.0. The molecule has 0 saturated heterocycles. The van der Waals surface area contributed by atoms with E-state index in [0.29, 0.717) is 0 Å². The minimum atomic E-state index is -0.649. The van der Waals surface area contributed by atoms with E-state index < -0.39 is 6.03 Å². The molecule has 0 spiro atoms. The predicted molar refractivity (Wildman–Crippen MR) is 60.5 cm³/mol. The summed E-state index contributed by atoms with van der Waals surface area (Å²) in [5, 5.41) is 3.99. The molecule has 2 amide bonds. The Labute approximate surface area is 89.2 Å². The number of benzene rings is 1. The zero-order valence-electron chi connectivity index (χ0n) is 8.90. The number of urea groups is 1. The second-order valence-electron chi connectivity index (χ2n) is 3.49. The third-order valence-electron chi connectivity index (χ3n) is 1.90. The number of primary amides is 1. The Morgan fingerprint density at radius 1 is 1.33 bits per heavy atom. The molecule has 15 heavy (non-hydrogen) atoms. The van der Waals surface area contributed by atoms with Crippen molar-refractivity contribution >= 4 is 11.7 Å². The number of carbonyl (C=O) groups excluding carboxylic acids is 1. The second-order valence-corrected chi connectivity index (χ2v) is 3.49. The normalized spacial score (nSPS) is 11.5. The molecule has 1 rings (SSSR count). The molecular formula is C11H15N3O. The first-order valence-corrected chi connectivity index (χ1v) is 4.79. The zero-order valence-corrected chi connectivity index (χ0v) is 8.90. The van der Waals surface area contributed by atoms with E-state index in [4.69, 9.17) is 5.73 Å². The first-order valence-electron chi connectivity index (χ1n) is 4.79. The van der Waals surface area contributed by atoms with Gasteiger partial charge in [0.05, 0.1) is 5.71 Å². The maximum absolute atomic E-state index is 10.6. The first kappa shape index (κ1) is 11.2. The van der Waals surface area contributed by atoms with Crippen LogP contribution >= 0.6 is 0 Å². The van der Waals surface area contributed by atoms with Crippen molar-refractivity contribution in [2.24, 2.45) is 16.8 Å². The van der Waals surface area contributed by atoms with Crippen LogP contribution < -0.4 is 11.2 Å². The molecule has 0 aliphatic heterocycles. The predicted octanol–water partition coefficient (Wildman–Crippen LogP) is 1.72. The molecule has 1 aromatic carbocycles. The molecule has 0 atom stereocenters. The highest BCUT2D eigenvalue weighted by Crippen LogP contribution is 2.08. The van der Waals surface area contributed by atoms with Crippen LogP contribution in [0.15, 0.2) is 35.4 Å². The summed E-state index contributed by atoms with van der Waals surface area (Å²) in [4.78, 5) is 10.6. The van der Waals surface area contributed by atoms with Crippen LogP contribution in [-0.2, 0) is 0 Å². The highest BCUT2D eigenvalue weighted by atomic mass is 16.2. The fourth-order valence-electron chi connectivity index (χ4n) is 1.25. The fraction of sp³-hybridized carbons (Fsp3) is 0.273. The molecule has 0 aliphatic carbocycles. The number of carbonyl (C=O) groups is 1. The van der Waals surface area contributed by atoms with Crippen LogP contribution in [0.25, 0.3) is 0 Å². The van der Waals surface area contributed by atoms with E-state index in [9.17, 15) is 4.79 Å². The van der Waals surface area contributed by atoms with Crippen molar-refractivity contribution in [2.75, 3.05) is 0 Å². The third kappa shape index (κ3) is 3.42. The number of rotatable bonds is 3. The Balaban J connectivity index is 2.93. The molecule has 0 bridgehead atoms. The number of hydrogen-bond acceptors (Lipinski definition) is 2. The SMILES string of the molecule is CC(C)/C(=N/NC(N)=O)c1ccccc1. The molecule has 0 saturated carbocycles. The van der Waals surface area contributed by atoms with E-state index in [2.05, 4.69) is 10.5 Å². The molecule has 0 aromatic heterocycles. The van der Waals surface area contributed by atoms with E-state index in [1.807, 2.05) is 44.2 Å². The molecule has 4 heteroatoms. The van der Waals surface area contributed by atoms with Crippen LogP contribution in [0.4, 0.5) is 4.79 Å². The van der Waals surface area contributed by atoms with Crippen molar-refractivity contribution in [3.05, 3.63) is 35.9 Å². The average molecular weight is 205 g/mol. The zero-order chi connectivity index (χ0) is 11.3. The summed E-state index contributed by atoms with van der Waals surface area (Å²) < 4.78 is 0. The van der Waals surface area contributed by atoms with Crippen LogP contribution in [0.2, 0.25) is 0 Å². The largest absolute Gasteiger partial charge is 0.350 e. The Morgan fingerprint density at radius 2 is 1.93 bits per heavy atom. The molecule has 0 aliphatic rings. The van der Waals surface area contributed by atoms with E-state index in [1.54, 1.807) is 0 Å². The van der Waals surface area contributed by atoms with Gasteiger partial charge in [0.2, 0.25) is 0 Å². The summed E-state index contributed by atoms with van der Waals surface area (Å²) in [6.07, 6.45) is 0. The molecule has 0 fully saturated rings. The number of nitrogens with one attached hydrogen (secondary N) is 1. The van der Waals surface area contributed by atoms with Gasteiger partial charge in [0.25, 0.3) is 0 Å². The lowest BCUT2D eigenvalue weighted by Crippen LogP contribution is -2.27. The molecule has 4 nitrogen and oxygen atoms in total. The van der Waals surface area contributed by atoms with Crippen LogP contribution in [-0.4, -0.2) is 11.7 Å². The van der Waals surface area contributed by atoms with Gasteiger partial charge in [-0.15, -0.1) is 0 Å². The second kappa shape index (κ2) is 5.14. The summed E-state index contributed by atoms with van der Waals surface area (Å²) >= 11 is 0. The topological polar surface area (TPSA) is 67.5 Å². The van der Waals surface area contributed by atoms with E-state index in [0.717, 1.165) is 11.3 Å². The number of hydrazone groups is 1. The number of hydrogen-bond donors (Lipinski definition) is 2. The molecule has 80 valence electrons. The van der Waals surface area contributed by atoms with Gasteiger partial charge in [0.15, 0.2) is 0 Å². The maximum atomic E-state index is 10.6. The quantitative estimate of drug-likeness (QED) is 0.572. The molecule has 0 radical (unpaired) electrons. The molecule has 1 aromatic rings. The average Bonchev–Trinajstić information content (AvgIpc) is 2.18. The van der Waals surface area contributed by atoms with Gasteiger partial charge in [-0.1, -0.05) is 44.2 Å². The minimum Gasteiger partial charge on any atom is -0.350 e. The number of nitrogens with two attached hydrogens (primary N) is 1. The van der Waals surface area contributed by atoms with Crippen LogP contribution in [0, 0.1) is 5.92 Å². The summed E-state index contributed by atoms with van der Waals surface area (Å²) in [5.74, 6) is 0.222. The first-order chi connectivity index (χ1) is 7.11. The van der Waals surface area contributed by atoms with Crippen molar-refractivity contribution in [3.63, 3.8) is 0 Å². The third-order valence-corrected chi connectivity index (χ3v) is 1.90. The van der Waals surface area contributed by atoms with Crippen molar-refractivity contribution in [1.82, 2.24) is 5.43 Å². The Morgan fingerprint density at radius 3 is 2.40 bits per heavy atom. The monoisotopic (exact) mass is 205 g/mol. The van der Waals surface area contributed by atoms with Crippen molar-refractivity contribution < 1.29 is 4.79 Å². The molecular weight excluding hydrogens is 190 g/mol. The minimum absolute atomic E-state index is 0.222. The van der Waals surface area contributed by atoms with Crippen LogP contribution in [0.1, 0.15) is 19.4 Å². The number of amides is 2. The Bertz CT molecular complexity index is 357. The lowest BCUT2D eigenvalue weighted by molar-refractivity contribution is 0.249. The summed E-state index contributed by atoms with van der Waals surface area (Å²) in [5.41, 5.74) is 9.02. The highest BCUT2D eigenvalue weighted by Gasteiger charge is 2.08. The summed E-state index contributed by atoms with van der Waals surface area (Å²) in [6.45, 7) is 4.02. The van der Waals surface area contributed by atoms with Gasteiger partial charge in [-0.2, -0.15) is 5.10 Å². The smallest absolute Gasteiger partial charge is 0.332 e. The summed E-state index contributed by atoms with van der Waals surface area (Å²) in [6, 6.07) is 9.03. The van der Waals surface area contributed by atoms with Gasteiger partial charge in [-0.05, 0) is 11.5 Å². The highest BCUT2D eigenvalue weighted by molar-refractivity contribution is 6.02. The Kier molecular flexibility index (Phi) is 3.85. The van der Waals surface area contributed by atoms with Gasteiger partial charge in [0.1, 0.15) is 0 Å². The van der Waals surface area contributed by atoms with Gasteiger partial charge in [-0.3, -0.25) is 0 Å². The van der Waals surface area contributed by atoms with Crippen LogP contribution in [0.5, 0.6) is 0 Å². The maximum Gasteiger partial charge on any atom is 0.332 e. The van der Waals surface area contributed by atoms with E-state index in [1.165, 1.54) is 0 Å². The van der Waals surface area contributed by atoms with Gasteiger partial charge >= 0.3 is 6.03 Å². The van der Waals surface area contributed by atoms with Crippen molar-refractivity contribution in [1.29, 1.82) is 0 Å². The molecule has 0 unspecified atom stereocenters. The number of nitrogens with zero attached hydrogens (tertiary/aromatic N) is 1. The molecule has 3 N–H and O–H groups in total.